The zero-order valence-electron chi connectivity index (χ0n) is 11.4. The molecule has 0 aliphatic carbocycles. The second-order valence-corrected chi connectivity index (χ2v) is 7.19. The normalized spacial score (nSPS) is 17.9. The summed E-state index contributed by atoms with van der Waals surface area (Å²) >= 11 is 2.99. The number of aromatic nitrogens is 2. The van der Waals surface area contributed by atoms with Crippen LogP contribution in [-0.2, 0) is 4.79 Å². The maximum absolute atomic E-state index is 12.4. The lowest BCUT2D eigenvalue weighted by Gasteiger charge is -2.23. The summed E-state index contributed by atoms with van der Waals surface area (Å²) in [6.07, 6.45) is 4.75. The Morgan fingerprint density at radius 1 is 1.32 bits per heavy atom. The van der Waals surface area contributed by atoms with Crippen LogP contribution in [-0.4, -0.2) is 46.4 Å². The standard InChI is InChI=1S/C12H20N4OS2/c1-9(18-12-15-14-11(13-2)19-12)10(17)16-7-5-3-4-6-8-16/h9H,3-8H2,1-2H3,(H,13,14). The summed E-state index contributed by atoms with van der Waals surface area (Å²) in [6, 6.07) is 0. The number of amides is 1. The molecule has 106 valence electrons. The van der Waals surface area contributed by atoms with Gasteiger partial charge >= 0.3 is 0 Å². The van der Waals surface area contributed by atoms with Crippen molar-refractivity contribution in [2.75, 3.05) is 25.5 Å². The molecule has 1 aliphatic rings. The Bertz CT molecular complexity index is 416. The molecule has 0 saturated carbocycles. The molecular formula is C12H20N4OS2. The van der Waals surface area contributed by atoms with Crippen LogP contribution < -0.4 is 5.32 Å². The van der Waals surface area contributed by atoms with Crippen LogP contribution >= 0.6 is 23.1 Å². The van der Waals surface area contributed by atoms with Gasteiger partial charge in [0.15, 0.2) is 4.34 Å². The van der Waals surface area contributed by atoms with Crippen LogP contribution in [0.5, 0.6) is 0 Å². The zero-order valence-corrected chi connectivity index (χ0v) is 13.0. The average Bonchev–Trinajstić information content (AvgIpc) is 2.70. The van der Waals surface area contributed by atoms with Gasteiger partial charge in [0.25, 0.3) is 0 Å². The van der Waals surface area contributed by atoms with Gasteiger partial charge in [-0.15, -0.1) is 10.2 Å². The minimum absolute atomic E-state index is 0.0873. The van der Waals surface area contributed by atoms with Crippen molar-refractivity contribution in [2.45, 2.75) is 42.2 Å². The molecule has 0 radical (unpaired) electrons. The van der Waals surface area contributed by atoms with Crippen LogP contribution in [0, 0.1) is 0 Å². The zero-order chi connectivity index (χ0) is 13.7. The Kier molecular flexibility index (Phi) is 5.45. The predicted molar refractivity (Wildman–Crippen MR) is 79.8 cm³/mol. The van der Waals surface area contributed by atoms with Gasteiger partial charge < -0.3 is 10.2 Å². The van der Waals surface area contributed by atoms with Crippen LogP contribution in [0.4, 0.5) is 5.13 Å². The van der Waals surface area contributed by atoms with E-state index < -0.39 is 0 Å². The number of hydrogen-bond acceptors (Lipinski definition) is 6. The van der Waals surface area contributed by atoms with E-state index in [4.69, 9.17) is 0 Å². The summed E-state index contributed by atoms with van der Waals surface area (Å²) in [5, 5.41) is 11.7. The van der Waals surface area contributed by atoms with Crippen LogP contribution in [0.15, 0.2) is 4.34 Å². The third-order valence-electron chi connectivity index (χ3n) is 3.16. The summed E-state index contributed by atoms with van der Waals surface area (Å²) in [7, 11) is 1.82. The highest BCUT2D eigenvalue weighted by molar-refractivity contribution is 8.02. The molecule has 1 aliphatic heterocycles. The molecule has 2 heterocycles. The smallest absolute Gasteiger partial charge is 0.235 e. The maximum atomic E-state index is 12.4. The van der Waals surface area contributed by atoms with Gasteiger partial charge in [-0.2, -0.15) is 0 Å². The minimum Gasteiger partial charge on any atom is -0.363 e. The molecule has 19 heavy (non-hydrogen) atoms. The molecule has 1 amide bonds. The first-order valence-corrected chi connectivity index (χ1v) is 8.37. The van der Waals surface area contributed by atoms with E-state index >= 15 is 0 Å². The first-order chi connectivity index (χ1) is 9.20. The van der Waals surface area contributed by atoms with E-state index in [1.54, 1.807) is 0 Å². The monoisotopic (exact) mass is 300 g/mol. The van der Waals surface area contributed by atoms with Gasteiger partial charge in [-0.1, -0.05) is 35.9 Å². The van der Waals surface area contributed by atoms with E-state index in [0.29, 0.717) is 0 Å². The largest absolute Gasteiger partial charge is 0.363 e. The summed E-state index contributed by atoms with van der Waals surface area (Å²) in [5.41, 5.74) is 0. The Balaban J connectivity index is 1.90. The van der Waals surface area contributed by atoms with Gasteiger partial charge in [0, 0.05) is 20.1 Å². The van der Waals surface area contributed by atoms with E-state index in [1.807, 2.05) is 18.9 Å². The average molecular weight is 300 g/mol. The fourth-order valence-electron chi connectivity index (χ4n) is 2.11. The lowest BCUT2D eigenvalue weighted by Crippen LogP contribution is -2.37. The second-order valence-electron chi connectivity index (χ2n) is 4.62. The number of carbonyl (C=O) groups is 1. The van der Waals surface area contributed by atoms with E-state index in [1.165, 1.54) is 35.9 Å². The number of likely N-dealkylation sites (tertiary alicyclic amines) is 1. The number of thioether (sulfide) groups is 1. The third-order valence-corrected chi connectivity index (χ3v) is 5.28. The Labute approximate surface area is 122 Å². The minimum atomic E-state index is -0.0873. The number of nitrogens with zero attached hydrogens (tertiary/aromatic N) is 3. The molecule has 2 rings (SSSR count). The highest BCUT2D eigenvalue weighted by Gasteiger charge is 2.23. The Morgan fingerprint density at radius 2 is 2.00 bits per heavy atom. The van der Waals surface area contributed by atoms with Crippen molar-refractivity contribution in [3.8, 4) is 0 Å². The van der Waals surface area contributed by atoms with Crippen molar-refractivity contribution in [1.82, 2.24) is 15.1 Å². The highest BCUT2D eigenvalue weighted by Crippen LogP contribution is 2.29. The molecule has 0 aromatic carbocycles. The van der Waals surface area contributed by atoms with Crippen LogP contribution in [0.3, 0.4) is 0 Å². The van der Waals surface area contributed by atoms with Crippen LogP contribution in [0.2, 0.25) is 0 Å². The second kappa shape index (κ2) is 7.09. The van der Waals surface area contributed by atoms with Crippen molar-refractivity contribution in [1.29, 1.82) is 0 Å². The number of carbonyl (C=O) groups excluding carboxylic acids is 1. The van der Waals surface area contributed by atoms with Crippen molar-refractivity contribution in [2.24, 2.45) is 0 Å². The summed E-state index contributed by atoms with van der Waals surface area (Å²) < 4.78 is 0.847. The van der Waals surface area contributed by atoms with Gasteiger partial charge in [0.1, 0.15) is 0 Å². The van der Waals surface area contributed by atoms with E-state index in [-0.39, 0.29) is 11.2 Å². The summed E-state index contributed by atoms with van der Waals surface area (Å²) in [4.78, 5) is 14.4. The highest BCUT2D eigenvalue weighted by atomic mass is 32.2. The van der Waals surface area contributed by atoms with Gasteiger partial charge in [0.2, 0.25) is 11.0 Å². The molecule has 0 spiro atoms. The maximum Gasteiger partial charge on any atom is 0.235 e. The molecule has 1 atom stereocenters. The SMILES string of the molecule is CNc1nnc(SC(C)C(=O)N2CCCCCC2)s1. The van der Waals surface area contributed by atoms with Crippen LogP contribution in [0.25, 0.3) is 0 Å². The Morgan fingerprint density at radius 3 is 2.58 bits per heavy atom. The molecule has 1 aromatic heterocycles. The number of hydrogen-bond donors (Lipinski definition) is 1. The van der Waals surface area contributed by atoms with Gasteiger partial charge in [-0.25, -0.2) is 0 Å². The van der Waals surface area contributed by atoms with E-state index in [9.17, 15) is 4.79 Å². The summed E-state index contributed by atoms with van der Waals surface area (Å²) in [6.45, 7) is 3.77. The number of anilines is 1. The fourth-order valence-corrected chi connectivity index (χ4v) is 4.04. The number of rotatable bonds is 4. The third kappa shape index (κ3) is 4.07. The van der Waals surface area contributed by atoms with Crippen molar-refractivity contribution < 1.29 is 4.79 Å². The van der Waals surface area contributed by atoms with Gasteiger partial charge in [-0.3, -0.25) is 4.79 Å². The fraction of sp³-hybridized carbons (Fsp3) is 0.750. The topological polar surface area (TPSA) is 58.1 Å². The molecular weight excluding hydrogens is 280 g/mol. The van der Waals surface area contributed by atoms with Crippen LogP contribution in [0.1, 0.15) is 32.6 Å². The molecule has 1 N–H and O–H groups in total. The first-order valence-electron chi connectivity index (χ1n) is 6.67. The molecule has 1 aromatic rings. The quantitative estimate of drug-likeness (QED) is 0.866. The van der Waals surface area contributed by atoms with E-state index in [0.717, 1.165) is 35.4 Å². The molecule has 5 nitrogen and oxygen atoms in total. The molecule has 1 fully saturated rings. The molecule has 7 heteroatoms. The Hall–Kier alpha value is -0.820. The van der Waals surface area contributed by atoms with Crippen molar-refractivity contribution >= 4 is 34.1 Å². The molecule has 0 bridgehead atoms. The predicted octanol–water partition coefficient (Wildman–Crippen LogP) is 2.46. The van der Waals surface area contributed by atoms with Gasteiger partial charge in [-0.05, 0) is 19.8 Å². The lowest BCUT2D eigenvalue weighted by molar-refractivity contribution is -0.130. The first kappa shape index (κ1) is 14.6. The van der Waals surface area contributed by atoms with Crippen molar-refractivity contribution in [3.05, 3.63) is 0 Å². The molecule has 1 saturated heterocycles. The van der Waals surface area contributed by atoms with E-state index in [2.05, 4.69) is 15.5 Å². The molecule has 1 unspecified atom stereocenters. The van der Waals surface area contributed by atoms with Crippen molar-refractivity contribution in [3.63, 3.8) is 0 Å². The lowest BCUT2D eigenvalue weighted by atomic mass is 10.2. The number of nitrogens with one attached hydrogen (secondary N) is 1. The summed E-state index contributed by atoms with van der Waals surface area (Å²) in [5.74, 6) is 0.230. The van der Waals surface area contributed by atoms with Gasteiger partial charge in [0.05, 0.1) is 5.25 Å².